The number of rotatable bonds is 45. The van der Waals surface area contributed by atoms with Crippen molar-refractivity contribution in [2.75, 3.05) is 0 Å². The van der Waals surface area contributed by atoms with E-state index in [-0.39, 0.29) is 16.2 Å². The molecule has 0 aromatic heterocycles. The third kappa shape index (κ3) is 23.1. The Bertz CT molecular complexity index is 2250. The summed E-state index contributed by atoms with van der Waals surface area (Å²) in [5.74, 6) is 0.489. The molecule has 1 N–H and O–H groups in total. The molecule has 444 valence electrons. The second-order valence-electron chi connectivity index (χ2n) is 27.2. The Hall–Kier alpha value is -3.32. The lowest BCUT2D eigenvalue weighted by atomic mass is 9.68. The van der Waals surface area contributed by atoms with Crippen molar-refractivity contribution >= 4 is 0 Å². The lowest BCUT2D eigenvalue weighted by molar-refractivity contribution is 0.437. The topological polar surface area (TPSA) is 20.2 Å². The van der Waals surface area contributed by atoms with E-state index in [1.165, 1.54) is 247 Å². The summed E-state index contributed by atoms with van der Waals surface area (Å²) in [5.41, 5.74) is 17.9. The zero-order chi connectivity index (χ0) is 57.4. The quantitative estimate of drug-likeness (QED) is 0.0438. The van der Waals surface area contributed by atoms with Crippen LogP contribution in [0.5, 0.6) is 5.75 Å². The zero-order valence-corrected chi connectivity index (χ0v) is 54.4. The van der Waals surface area contributed by atoms with Crippen molar-refractivity contribution in [1.29, 1.82) is 0 Å². The van der Waals surface area contributed by atoms with Gasteiger partial charge in [-0.1, -0.05) is 298 Å². The molecule has 0 aliphatic carbocycles. The van der Waals surface area contributed by atoms with Gasteiger partial charge in [0.05, 0.1) is 0 Å². The molecule has 4 aromatic rings. The first-order valence-electron chi connectivity index (χ1n) is 34.4. The predicted molar refractivity (Wildman–Crippen MR) is 352 cm³/mol. The fourth-order valence-corrected chi connectivity index (χ4v) is 13.8. The highest BCUT2D eigenvalue weighted by atomic mass is 16.3. The van der Waals surface area contributed by atoms with Crippen molar-refractivity contribution < 1.29 is 5.11 Å². The molecule has 0 aliphatic rings. The summed E-state index contributed by atoms with van der Waals surface area (Å²) < 4.78 is 0. The molecular weight excluding hydrogens is 953 g/mol. The van der Waals surface area contributed by atoms with Crippen LogP contribution < -0.4 is 0 Å². The molecule has 0 radical (unpaired) electrons. The van der Waals surface area contributed by atoms with Crippen LogP contribution in [0.25, 0.3) is 0 Å². The normalized spacial score (nSPS) is 12.3. The van der Waals surface area contributed by atoms with Crippen LogP contribution in [0.4, 0.5) is 0 Å². The van der Waals surface area contributed by atoms with E-state index in [1.54, 1.807) is 44.5 Å². The van der Waals surface area contributed by atoms with Gasteiger partial charge in [-0.3, -0.25) is 0 Å². The van der Waals surface area contributed by atoms with Crippen LogP contribution in [-0.4, -0.2) is 5.11 Å². The van der Waals surface area contributed by atoms with Crippen LogP contribution in [0.3, 0.4) is 0 Å². The Morgan fingerprint density at radius 2 is 0.519 bits per heavy atom. The van der Waals surface area contributed by atoms with Gasteiger partial charge in [0.2, 0.25) is 0 Å². The van der Waals surface area contributed by atoms with E-state index < -0.39 is 0 Å². The minimum Gasteiger partial charge on any atom is -0.508 e. The van der Waals surface area contributed by atoms with Crippen LogP contribution in [0, 0.1) is 0 Å². The van der Waals surface area contributed by atoms with Crippen molar-refractivity contribution in [2.24, 2.45) is 0 Å². The first kappa shape index (κ1) is 68.2. The lowest BCUT2D eigenvalue weighted by Crippen LogP contribution is -2.29. The number of benzene rings is 4. The maximum Gasteiger partial charge on any atom is 0.119 e. The predicted octanol–water partition coefficient (Wildman–Crippen LogP) is 24.0. The van der Waals surface area contributed by atoms with Crippen molar-refractivity contribution in [1.82, 2.24) is 0 Å². The zero-order valence-electron chi connectivity index (χ0n) is 54.4. The third-order valence-corrected chi connectivity index (χ3v) is 18.6. The average Bonchev–Trinajstić information content (AvgIpc) is 3.50. The Kier molecular flexibility index (Phi) is 32.5. The monoisotopic (exact) mass is 1080 g/mol. The summed E-state index contributed by atoms with van der Waals surface area (Å²) >= 11 is 0. The molecule has 0 bridgehead atoms. The number of hydrogen-bond donors (Lipinski definition) is 1. The van der Waals surface area contributed by atoms with E-state index in [0.717, 1.165) is 25.7 Å². The molecule has 0 spiro atoms. The maximum absolute atomic E-state index is 12.7. The van der Waals surface area contributed by atoms with Crippen molar-refractivity contribution in [3.8, 4) is 5.75 Å². The fraction of sp³-hybridized carbons (Fsp3) is 0.692. The SMILES string of the molecule is CCCCCCCc1cccc(C(C)(C)Cc2ccc(O)c(CC(C)(C)c3cccc(CCCCCCC)c3CCCCCCC)c2CC(C)(C)c2cccc(CCCCCCC)c2CCCCCCC)c1CCCCCCC. The minimum atomic E-state index is -0.181. The minimum absolute atomic E-state index is 0.0998. The number of phenols is 1. The number of unbranched alkanes of at least 4 members (excludes halogenated alkanes) is 24. The highest BCUT2D eigenvalue weighted by Crippen LogP contribution is 2.44. The summed E-state index contributed by atoms with van der Waals surface area (Å²) in [6.07, 6.45) is 49.0. The summed E-state index contributed by atoms with van der Waals surface area (Å²) in [4.78, 5) is 0. The average molecular weight is 1080 g/mol. The molecule has 0 saturated carbocycles. The Morgan fingerprint density at radius 1 is 0.253 bits per heavy atom. The summed E-state index contributed by atoms with van der Waals surface area (Å²) in [6.45, 7) is 29.3. The molecule has 0 atom stereocenters. The third-order valence-electron chi connectivity index (χ3n) is 18.6. The van der Waals surface area contributed by atoms with E-state index in [2.05, 4.69) is 150 Å². The summed E-state index contributed by atoms with van der Waals surface area (Å²) in [6, 6.07) is 26.6. The van der Waals surface area contributed by atoms with Gasteiger partial charge in [-0.05, 0) is 185 Å². The van der Waals surface area contributed by atoms with E-state index >= 15 is 0 Å². The molecule has 0 aliphatic heterocycles. The standard InChI is InChI=1S/C78H126O/c1-13-19-25-31-37-46-63-49-43-55-72(67(63)52-40-34-28-22-16-4)76(7,8)60-66-58-59-75(79)71(62-78(11,12)74-57-45-51-65(48-39-33-27-21-15-3)69(74)54-42-36-30-24-18-6)70(66)61-77(9,10)73-56-44-50-64(47-38-32-26-20-14-2)68(73)53-41-35-29-23-17-5/h43-45,49-51,55-59,79H,13-42,46-48,52-54,60-62H2,1-12H3. The van der Waals surface area contributed by atoms with Gasteiger partial charge in [0.1, 0.15) is 5.75 Å². The van der Waals surface area contributed by atoms with Gasteiger partial charge in [0.15, 0.2) is 0 Å². The van der Waals surface area contributed by atoms with Gasteiger partial charge in [0, 0.05) is 0 Å². The Morgan fingerprint density at radius 3 is 0.823 bits per heavy atom. The molecule has 0 heterocycles. The fourth-order valence-electron chi connectivity index (χ4n) is 13.8. The molecule has 4 rings (SSSR count). The van der Waals surface area contributed by atoms with Gasteiger partial charge in [-0.25, -0.2) is 0 Å². The number of phenolic OH excluding ortho intramolecular Hbond substituents is 1. The van der Waals surface area contributed by atoms with Crippen LogP contribution in [-0.2, 0) is 74.0 Å². The molecule has 0 saturated heterocycles. The van der Waals surface area contributed by atoms with Gasteiger partial charge >= 0.3 is 0 Å². The van der Waals surface area contributed by atoms with Gasteiger partial charge < -0.3 is 5.11 Å². The molecule has 0 fully saturated rings. The number of aromatic hydroxyl groups is 1. The van der Waals surface area contributed by atoms with E-state index in [1.807, 2.05) is 0 Å². The highest BCUT2D eigenvalue weighted by molar-refractivity contribution is 5.52. The van der Waals surface area contributed by atoms with Gasteiger partial charge in [-0.15, -0.1) is 0 Å². The highest BCUT2D eigenvalue weighted by Gasteiger charge is 2.34. The largest absolute Gasteiger partial charge is 0.508 e. The number of aryl methyl sites for hydroxylation is 3. The van der Waals surface area contributed by atoms with Crippen molar-refractivity contribution in [2.45, 2.75) is 350 Å². The van der Waals surface area contributed by atoms with Gasteiger partial charge in [0.25, 0.3) is 0 Å². The molecule has 0 unspecified atom stereocenters. The Labute approximate surface area is 491 Å². The Balaban J connectivity index is 1.93. The molecular formula is C78H126O. The first-order valence-corrected chi connectivity index (χ1v) is 34.4. The van der Waals surface area contributed by atoms with Crippen LogP contribution in [0.1, 0.15) is 342 Å². The molecule has 1 heteroatoms. The van der Waals surface area contributed by atoms with Gasteiger partial charge in [-0.2, -0.15) is 0 Å². The van der Waals surface area contributed by atoms with E-state index in [0.29, 0.717) is 5.75 Å². The van der Waals surface area contributed by atoms with Crippen molar-refractivity contribution in [3.63, 3.8) is 0 Å². The smallest absolute Gasteiger partial charge is 0.119 e. The molecule has 4 aromatic carbocycles. The molecule has 79 heavy (non-hydrogen) atoms. The summed E-state index contributed by atoms with van der Waals surface area (Å²) in [5, 5.41) is 12.7. The summed E-state index contributed by atoms with van der Waals surface area (Å²) in [7, 11) is 0. The first-order chi connectivity index (χ1) is 38.2. The van der Waals surface area contributed by atoms with Crippen LogP contribution >= 0.6 is 0 Å². The lowest BCUT2D eigenvalue weighted by Gasteiger charge is -2.36. The molecule has 1 nitrogen and oxygen atoms in total. The maximum atomic E-state index is 12.7. The van der Waals surface area contributed by atoms with E-state index in [9.17, 15) is 5.11 Å². The van der Waals surface area contributed by atoms with Crippen LogP contribution in [0.2, 0.25) is 0 Å². The molecule has 0 amide bonds. The second kappa shape index (κ2) is 37.7. The van der Waals surface area contributed by atoms with Crippen LogP contribution in [0.15, 0.2) is 66.7 Å². The number of hydrogen-bond acceptors (Lipinski definition) is 1. The van der Waals surface area contributed by atoms with E-state index in [4.69, 9.17) is 0 Å². The second-order valence-corrected chi connectivity index (χ2v) is 27.2. The van der Waals surface area contributed by atoms with Crippen molar-refractivity contribution in [3.05, 3.63) is 133 Å².